The van der Waals surface area contributed by atoms with E-state index in [4.69, 9.17) is 39.4 Å². The summed E-state index contributed by atoms with van der Waals surface area (Å²) < 4.78 is 5.97. The molecule has 0 spiro atoms. The number of urea groups is 1. The van der Waals surface area contributed by atoms with E-state index in [1.165, 1.54) is 0 Å². The number of nitrogens with two attached hydrogens (primary N) is 2. The molecule has 0 aliphatic carbocycles. The maximum Gasteiger partial charge on any atom is 0.318 e. The molecule has 0 aliphatic heterocycles. The van der Waals surface area contributed by atoms with Gasteiger partial charge < -0.3 is 21.5 Å². The minimum absolute atomic E-state index is 0.0476. The van der Waals surface area contributed by atoms with E-state index < -0.39 is 18.0 Å². The molecule has 196 valence electrons. The van der Waals surface area contributed by atoms with Crippen LogP contribution in [0, 0.1) is 0 Å². The van der Waals surface area contributed by atoms with Gasteiger partial charge >= 0.3 is 6.03 Å². The lowest BCUT2D eigenvalue weighted by atomic mass is 9.93. The molecule has 8 nitrogen and oxygen atoms in total. The highest BCUT2D eigenvalue weighted by Crippen LogP contribution is 2.28. The number of imide groups is 1. The van der Waals surface area contributed by atoms with Crippen LogP contribution >= 0.6 is 23.2 Å². The number of nitrogens with one attached hydrogen (secondary N) is 2. The van der Waals surface area contributed by atoms with Crippen LogP contribution in [-0.2, 0) is 16.0 Å². The Morgan fingerprint density at radius 2 is 1.68 bits per heavy atom. The summed E-state index contributed by atoms with van der Waals surface area (Å²) in [6.07, 6.45) is 1.29. The van der Waals surface area contributed by atoms with Crippen LogP contribution in [0.25, 0.3) is 10.8 Å². The number of rotatable bonds is 11. The molecular formula is C27H30Cl2N4O4. The van der Waals surface area contributed by atoms with Crippen molar-refractivity contribution in [3.05, 3.63) is 75.8 Å². The Labute approximate surface area is 225 Å². The van der Waals surface area contributed by atoms with Crippen LogP contribution in [0.2, 0.25) is 10.0 Å². The van der Waals surface area contributed by atoms with Gasteiger partial charge in [0.25, 0.3) is 0 Å². The summed E-state index contributed by atoms with van der Waals surface area (Å²) in [6, 6.07) is 15.0. The highest BCUT2D eigenvalue weighted by Gasteiger charge is 2.22. The third kappa shape index (κ3) is 8.08. The van der Waals surface area contributed by atoms with Crippen LogP contribution in [0.15, 0.2) is 54.6 Å². The molecular weight excluding hydrogens is 515 g/mol. The Morgan fingerprint density at radius 1 is 0.973 bits per heavy atom. The van der Waals surface area contributed by atoms with Crippen molar-refractivity contribution >= 4 is 51.8 Å². The smallest absolute Gasteiger partial charge is 0.318 e. The van der Waals surface area contributed by atoms with Gasteiger partial charge in [-0.3, -0.25) is 14.9 Å². The van der Waals surface area contributed by atoms with E-state index in [1.807, 2.05) is 49.4 Å². The zero-order chi connectivity index (χ0) is 26.9. The number of ether oxygens (including phenoxy) is 1. The summed E-state index contributed by atoms with van der Waals surface area (Å²) in [5, 5.41) is 7.72. The van der Waals surface area contributed by atoms with E-state index in [-0.39, 0.29) is 18.2 Å². The lowest BCUT2D eigenvalue weighted by Gasteiger charge is -2.20. The molecule has 0 aliphatic rings. The number of hydrogen-bond donors (Lipinski definition) is 4. The lowest BCUT2D eigenvalue weighted by Crippen LogP contribution is -2.44. The molecule has 0 saturated carbocycles. The average Bonchev–Trinajstić information content (AvgIpc) is 2.86. The number of amides is 4. The summed E-state index contributed by atoms with van der Waals surface area (Å²) >= 11 is 12.0. The van der Waals surface area contributed by atoms with Gasteiger partial charge in [0, 0.05) is 18.0 Å². The monoisotopic (exact) mass is 544 g/mol. The van der Waals surface area contributed by atoms with Gasteiger partial charge in [-0.2, -0.15) is 0 Å². The zero-order valence-corrected chi connectivity index (χ0v) is 21.9. The van der Waals surface area contributed by atoms with Crippen molar-refractivity contribution < 1.29 is 19.1 Å². The molecule has 1 unspecified atom stereocenters. The van der Waals surface area contributed by atoms with Crippen molar-refractivity contribution in [1.29, 1.82) is 0 Å². The fourth-order valence-corrected chi connectivity index (χ4v) is 4.17. The number of primary amides is 1. The number of carbonyl (C=O) groups is 3. The molecule has 0 aromatic heterocycles. The second-order valence-corrected chi connectivity index (χ2v) is 9.55. The SMILES string of the molecule is CC(c1ccc(Cl)c(Cl)c1)[C@H](N)C(=O)NCCCCOc1cc2ccccc2cc1CC(=O)NC(N)=O. The number of halogens is 2. The van der Waals surface area contributed by atoms with Gasteiger partial charge in [-0.15, -0.1) is 0 Å². The molecule has 4 amide bonds. The third-order valence-electron chi connectivity index (χ3n) is 5.98. The molecule has 3 aromatic carbocycles. The molecule has 0 heterocycles. The van der Waals surface area contributed by atoms with Crippen LogP contribution in [-0.4, -0.2) is 37.0 Å². The van der Waals surface area contributed by atoms with E-state index in [9.17, 15) is 14.4 Å². The second kappa shape index (κ2) is 13.3. The number of unbranched alkanes of at least 4 members (excludes halogenated alkanes) is 1. The average molecular weight is 545 g/mol. The van der Waals surface area contributed by atoms with Crippen LogP contribution < -0.4 is 26.8 Å². The first-order valence-corrected chi connectivity index (χ1v) is 12.6. The van der Waals surface area contributed by atoms with Gasteiger partial charge in [0.1, 0.15) is 5.75 Å². The Bertz CT molecular complexity index is 1280. The number of benzene rings is 3. The Kier molecular flexibility index (Phi) is 10.1. The molecule has 6 N–H and O–H groups in total. The largest absolute Gasteiger partial charge is 0.493 e. The third-order valence-corrected chi connectivity index (χ3v) is 6.72. The normalized spacial score (nSPS) is 12.5. The summed E-state index contributed by atoms with van der Waals surface area (Å²) in [4.78, 5) is 35.6. The molecule has 2 atom stereocenters. The lowest BCUT2D eigenvalue weighted by molar-refractivity contribution is -0.122. The van der Waals surface area contributed by atoms with Gasteiger partial charge in [-0.25, -0.2) is 4.79 Å². The molecule has 0 fully saturated rings. The van der Waals surface area contributed by atoms with E-state index in [0.29, 0.717) is 47.4 Å². The maximum atomic E-state index is 12.5. The number of carbonyl (C=O) groups excluding carboxylic acids is 3. The highest BCUT2D eigenvalue weighted by atomic mass is 35.5. The van der Waals surface area contributed by atoms with Crippen LogP contribution in [0.4, 0.5) is 4.79 Å². The molecule has 0 saturated heterocycles. The van der Waals surface area contributed by atoms with Crippen molar-refractivity contribution in [2.45, 2.75) is 38.1 Å². The van der Waals surface area contributed by atoms with E-state index in [0.717, 1.165) is 16.3 Å². The van der Waals surface area contributed by atoms with Gasteiger partial charge in [0.15, 0.2) is 0 Å². The van der Waals surface area contributed by atoms with Crippen molar-refractivity contribution in [3.63, 3.8) is 0 Å². The maximum absolute atomic E-state index is 12.5. The summed E-state index contributed by atoms with van der Waals surface area (Å²) in [6.45, 7) is 2.68. The Morgan fingerprint density at radius 3 is 2.35 bits per heavy atom. The van der Waals surface area contributed by atoms with Crippen molar-refractivity contribution in [3.8, 4) is 5.75 Å². The van der Waals surface area contributed by atoms with E-state index in [2.05, 4.69) is 10.6 Å². The van der Waals surface area contributed by atoms with Crippen LogP contribution in [0.1, 0.15) is 36.8 Å². The van der Waals surface area contributed by atoms with Gasteiger partial charge in [-0.1, -0.05) is 60.5 Å². The minimum Gasteiger partial charge on any atom is -0.493 e. The molecule has 0 bridgehead atoms. The fraction of sp³-hybridized carbons (Fsp3) is 0.296. The second-order valence-electron chi connectivity index (χ2n) is 8.73. The molecule has 0 radical (unpaired) electrons. The van der Waals surface area contributed by atoms with Crippen molar-refractivity contribution in [2.75, 3.05) is 13.2 Å². The minimum atomic E-state index is -0.901. The van der Waals surface area contributed by atoms with Gasteiger partial charge in [-0.05, 0) is 53.4 Å². The van der Waals surface area contributed by atoms with Gasteiger partial charge in [0.2, 0.25) is 11.8 Å². The first kappa shape index (κ1) is 28.2. The Balaban J connectivity index is 1.50. The van der Waals surface area contributed by atoms with E-state index in [1.54, 1.807) is 12.1 Å². The van der Waals surface area contributed by atoms with E-state index >= 15 is 0 Å². The number of fused-ring (bicyclic) bond motifs is 1. The van der Waals surface area contributed by atoms with Crippen LogP contribution in [0.5, 0.6) is 5.75 Å². The van der Waals surface area contributed by atoms with Crippen LogP contribution in [0.3, 0.4) is 0 Å². The predicted octanol–water partition coefficient (Wildman–Crippen LogP) is 4.29. The highest BCUT2D eigenvalue weighted by molar-refractivity contribution is 6.42. The first-order valence-electron chi connectivity index (χ1n) is 11.9. The zero-order valence-electron chi connectivity index (χ0n) is 20.4. The molecule has 10 heteroatoms. The summed E-state index contributed by atoms with van der Waals surface area (Å²) in [5.74, 6) is -0.449. The molecule has 3 rings (SSSR count). The predicted molar refractivity (Wildman–Crippen MR) is 146 cm³/mol. The van der Waals surface area contributed by atoms with Gasteiger partial charge in [0.05, 0.1) is 29.1 Å². The van der Waals surface area contributed by atoms with Crippen molar-refractivity contribution in [1.82, 2.24) is 10.6 Å². The first-order chi connectivity index (χ1) is 17.7. The quantitative estimate of drug-likeness (QED) is 0.267. The topological polar surface area (TPSA) is 137 Å². The Hall–Kier alpha value is -3.33. The molecule has 3 aromatic rings. The van der Waals surface area contributed by atoms with Crippen molar-refractivity contribution in [2.24, 2.45) is 11.5 Å². The summed E-state index contributed by atoms with van der Waals surface area (Å²) in [7, 11) is 0. The fourth-order valence-electron chi connectivity index (χ4n) is 3.86. The standard InChI is InChI=1S/C27H30Cl2N4O4/c1-16(17-8-9-21(28)22(29)13-17)25(30)26(35)32-10-4-5-11-37-23-14-19-7-3-2-6-18(19)12-20(23)15-24(34)33-27(31)36/h2-3,6-9,12-14,16,25H,4-5,10-11,15,30H2,1H3,(H,32,35)(H3,31,33,34,36)/t16?,25-/m0/s1. The molecule has 37 heavy (non-hydrogen) atoms. The summed E-state index contributed by atoms with van der Waals surface area (Å²) in [5.41, 5.74) is 12.7. The number of hydrogen-bond acceptors (Lipinski definition) is 5.